The lowest BCUT2D eigenvalue weighted by Crippen LogP contribution is -2.49. The Morgan fingerprint density at radius 2 is 1.85 bits per heavy atom. The fourth-order valence-corrected chi connectivity index (χ4v) is 5.48. The third-order valence-corrected chi connectivity index (χ3v) is 8.17. The lowest BCUT2D eigenvalue weighted by atomic mass is 9.89. The first-order valence-electron chi connectivity index (χ1n) is 11.8. The molecule has 4 rings (SSSR count). The third kappa shape index (κ3) is 7.22. The number of nitrogens with one attached hydrogen (secondary N) is 2. The van der Waals surface area contributed by atoms with Crippen LogP contribution in [0.3, 0.4) is 0 Å². The van der Waals surface area contributed by atoms with Crippen LogP contribution in [-0.2, 0) is 15.0 Å². The van der Waals surface area contributed by atoms with Gasteiger partial charge in [-0.2, -0.15) is 35.5 Å². The number of hydrogen-bond acceptors (Lipinski definition) is 6. The molecule has 1 aliphatic heterocycles. The molecule has 0 saturated carbocycles. The number of aliphatic carboxylic acids is 1. The highest BCUT2D eigenvalue weighted by Crippen LogP contribution is 2.35. The van der Waals surface area contributed by atoms with E-state index in [0.29, 0.717) is 18.8 Å². The van der Waals surface area contributed by atoms with Gasteiger partial charge in [0.15, 0.2) is 5.82 Å². The van der Waals surface area contributed by atoms with Gasteiger partial charge in [0.1, 0.15) is 11.8 Å². The van der Waals surface area contributed by atoms with Gasteiger partial charge >= 0.3 is 12.1 Å². The summed E-state index contributed by atoms with van der Waals surface area (Å²) in [5.74, 6) is -3.08. The number of aromatic amines is 1. The van der Waals surface area contributed by atoms with Crippen LogP contribution in [0.1, 0.15) is 59.0 Å². The van der Waals surface area contributed by atoms with Crippen LogP contribution in [0.5, 0.6) is 0 Å². The number of allylic oxidation sites excluding steroid dienone is 2. The van der Waals surface area contributed by atoms with E-state index in [1.165, 1.54) is 20.4 Å². The van der Waals surface area contributed by atoms with Gasteiger partial charge in [-0.3, -0.25) is 4.79 Å². The number of rotatable bonds is 4. The smallest absolute Gasteiger partial charge is 0.475 e. The lowest BCUT2D eigenvalue weighted by molar-refractivity contribution is -0.192. The second kappa shape index (κ2) is 12.0. The van der Waals surface area contributed by atoms with Crippen LogP contribution in [0.15, 0.2) is 30.5 Å². The zero-order valence-electron chi connectivity index (χ0n) is 21.1. The zero-order valence-corrected chi connectivity index (χ0v) is 21.9. The van der Waals surface area contributed by atoms with Crippen molar-refractivity contribution >= 4 is 33.3 Å². The van der Waals surface area contributed by atoms with Crippen molar-refractivity contribution in [3.8, 4) is 6.07 Å². The molecule has 1 saturated heterocycles. The molecule has 0 atom stereocenters. The highest BCUT2D eigenvalue weighted by Gasteiger charge is 2.38. The number of nitriles is 1. The molecule has 2 heterocycles. The monoisotopic (exact) mass is 568 g/mol. The van der Waals surface area contributed by atoms with E-state index in [-0.39, 0.29) is 17.4 Å². The van der Waals surface area contributed by atoms with Crippen LogP contribution >= 0.6 is 0 Å². The second-order valence-corrected chi connectivity index (χ2v) is 11.2. The molecule has 15 heteroatoms. The van der Waals surface area contributed by atoms with Gasteiger partial charge in [-0.1, -0.05) is 12.1 Å². The Bertz CT molecular complexity index is 1400. The molecule has 1 aliphatic carbocycles. The average Bonchev–Trinajstić information content (AvgIpc) is 3.37. The number of alkyl halides is 3. The van der Waals surface area contributed by atoms with Crippen molar-refractivity contribution in [2.24, 2.45) is 0 Å². The van der Waals surface area contributed by atoms with Gasteiger partial charge in [0.2, 0.25) is 0 Å². The van der Waals surface area contributed by atoms with E-state index in [4.69, 9.17) is 15.2 Å². The normalized spacial score (nSPS) is 18.3. The van der Waals surface area contributed by atoms with Crippen LogP contribution in [0.25, 0.3) is 5.57 Å². The SMILES string of the molecule is CN1CC(c2ccc(NC(=O)c3ncc(C#N)[nH]3)c(C3=CCCCC3)c2)CN(C)S1(=O)=O.O=C(O)C(F)(F)F. The minimum Gasteiger partial charge on any atom is -0.475 e. The largest absolute Gasteiger partial charge is 0.490 e. The van der Waals surface area contributed by atoms with Crippen molar-refractivity contribution in [2.45, 2.75) is 37.8 Å². The Balaban J connectivity index is 0.000000532. The second-order valence-electron chi connectivity index (χ2n) is 9.06. The number of halogens is 3. The van der Waals surface area contributed by atoms with Crippen molar-refractivity contribution in [3.63, 3.8) is 0 Å². The van der Waals surface area contributed by atoms with E-state index in [0.717, 1.165) is 36.8 Å². The maximum Gasteiger partial charge on any atom is 0.490 e. The summed E-state index contributed by atoms with van der Waals surface area (Å²) in [7, 11) is -0.215. The molecule has 3 N–H and O–H groups in total. The summed E-state index contributed by atoms with van der Waals surface area (Å²) in [6.45, 7) is 0.806. The van der Waals surface area contributed by atoms with Gasteiger partial charge in [-0.15, -0.1) is 0 Å². The number of likely N-dealkylation sites (N-methyl/N-ethyl adjacent to an activating group) is 2. The third-order valence-electron chi connectivity index (χ3n) is 6.30. The molecule has 1 amide bonds. The van der Waals surface area contributed by atoms with E-state index in [2.05, 4.69) is 27.4 Å². The fourth-order valence-electron chi connectivity index (χ4n) is 4.26. The van der Waals surface area contributed by atoms with Crippen LogP contribution < -0.4 is 5.32 Å². The van der Waals surface area contributed by atoms with Crippen molar-refractivity contribution in [1.82, 2.24) is 18.6 Å². The minimum absolute atomic E-state index is 0.0180. The van der Waals surface area contributed by atoms with E-state index in [9.17, 15) is 26.4 Å². The quantitative estimate of drug-likeness (QED) is 0.510. The number of amides is 1. The molecule has 1 fully saturated rings. The Morgan fingerprint density at radius 3 is 2.36 bits per heavy atom. The van der Waals surface area contributed by atoms with E-state index in [1.807, 2.05) is 18.2 Å². The molecule has 39 heavy (non-hydrogen) atoms. The maximum atomic E-state index is 12.7. The fraction of sp³-hybridized carbons (Fsp3) is 0.417. The van der Waals surface area contributed by atoms with E-state index >= 15 is 0 Å². The Hall–Kier alpha value is -3.74. The Labute approximate surface area is 223 Å². The van der Waals surface area contributed by atoms with Gasteiger partial charge in [-0.05, 0) is 49.0 Å². The van der Waals surface area contributed by atoms with Gasteiger partial charge in [0.05, 0.1) is 6.20 Å². The first kappa shape index (κ1) is 29.8. The summed E-state index contributed by atoms with van der Waals surface area (Å²) in [4.78, 5) is 28.3. The molecule has 2 aromatic rings. The predicted octanol–water partition coefficient (Wildman–Crippen LogP) is 3.33. The number of carboxylic acids is 1. The number of carboxylic acid groups (broad SMARTS) is 1. The van der Waals surface area contributed by atoms with Crippen LogP contribution in [0, 0.1) is 11.3 Å². The molecule has 210 valence electrons. The number of H-pyrrole nitrogens is 1. The van der Waals surface area contributed by atoms with E-state index < -0.39 is 28.3 Å². The molecular weight excluding hydrogens is 541 g/mol. The number of aromatic nitrogens is 2. The zero-order chi connectivity index (χ0) is 29.0. The van der Waals surface area contributed by atoms with E-state index in [1.54, 1.807) is 14.1 Å². The molecule has 0 spiro atoms. The number of nitrogens with zero attached hydrogens (tertiary/aromatic N) is 4. The minimum atomic E-state index is -5.08. The van der Waals surface area contributed by atoms with Gasteiger partial charge in [-0.25, -0.2) is 9.78 Å². The number of imidazole rings is 1. The molecule has 2 aliphatic rings. The highest BCUT2D eigenvalue weighted by molar-refractivity contribution is 7.86. The topological polar surface area (TPSA) is 159 Å². The van der Waals surface area contributed by atoms with Crippen LogP contribution in [-0.4, -0.2) is 77.3 Å². The maximum absolute atomic E-state index is 12.7. The molecule has 1 aromatic heterocycles. The van der Waals surface area contributed by atoms with Crippen LogP contribution in [0.4, 0.5) is 18.9 Å². The predicted molar refractivity (Wildman–Crippen MR) is 135 cm³/mol. The summed E-state index contributed by atoms with van der Waals surface area (Å²) in [5, 5.41) is 19.0. The Kier molecular flexibility index (Phi) is 9.15. The highest BCUT2D eigenvalue weighted by atomic mass is 32.2. The molecule has 0 unspecified atom stereocenters. The average molecular weight is 569 g/mol. The van der Waals surface area contributed by atoms with Gasteiger partial charge in [0, 0.05) is 44.4 Å². The van der Waals surface area contributed by atoms with Gasteiger partial charge in [0.25, 0.3) is 16.1 Å². The molecular formula is C24H27F3N6O5S. The molecule has 0 bridgehead atoms. The number of anilines is 1. The summed E-state index contributed by atoms with van der Waals surface area (Å²) in [5.41, 5.74) is 4.05. The summed E-state index contributed by atoms with van der Waals surface area (Å²) < 4.78 is 59.1. The van der Waals surface area contributed by atoms with Gasteiger partial charge < -0.3 is 15.4 Å². The number of carbonyl (C=O) groups is 2. The lowest BCUT2D eigenvalue weighted by Gasteiger charge is -2.36. The summed E-state index contributed by atoms with van der Waals surface area (Å²) in [6, 6.07) is 7.81. The number of benzene rings is 1. The molecule has 0 radical (unpaired) electrons. The molecule has 1 aromatic carbocycles. The molecule has 11 nitrogen and oxygen atoms in total. The number of carbonyl (C=O) groups excluding carboxylic acids is 1. The standard InChI is InChI=1S/C22H26N6O3S.C2HF3O2/c1-27-13-17(14-28(2)32(27,30)31)16-8-9-20(19(10-16)15-6-4-3-5-7-15)26-22(29)21-24-12-18(11-23)25-21;3-2(4,5)1(6)7/h6,8-10,12,17H,3-5,7,13-14H2,1-2H3,(H,24,25)(H,26,29);(H,6,7). The Morgan fingerprint density at radius 1 is 1.21 bits per heavy atom. The van der Waals surface area contributed by atoms with Crippen molar-refractivity contribution in [2.75, 3.05) is 32.5 Å². The van der Waals surface area contributed by atoms with Crippen molar-refractivity contribution < 1.29 is 36.3 Å². The summed E-state index contributed by atoms with van der Waals surface area (Å²) >= 11 is 0. The van der Waals surface area contributed by atoms with Crippen LogP contribution in [0.2, 0.25) is 0 Å². The van der Waals surface area contributed by atoms with Crippen molar-refractivity contribution in [3.05, 3.63) is 53.1 Å². The number of hydrogen-bond donors (Lipinski definition) is 3. The van der Waals surface area contributed by atoms with Crippen molar-refractivity contribution in [1.29, 1.82) is 5.26 Å². The first-order chi connectivity index (χ1) is 18.2. The first-order valence-corrected chi connectivity index (χ1v) is 13.2. The summed E-state index contributed by atoms with van der Waals surface area (Å²) in [6.07, 6.45) is 2.59.